The fraction of sp³-hybridized carbons (Fsp3) is 0.385. The van der Waals surface area contributed by atoms with Crippen molar-refractivity contribution in [1.29, 1.82) is 0 Å². The van der Waals surface area contributed by atoms with Gasteiger partial charge in [-0.1, -0.05) is 6.07 Å². The van der Waals surface area contributed by atoms with Gasteiger partial charge in [0.05, 0.1) is 34.8 Å². The highest BCUT2D eigenvalue weighted by molar-refractivity contribution is 7.91. The molecule has 8 nitrogen and oxygen atoms in total. The van der Waals surface area contributed by atoms with E-state index in [1.54, 1.807) is 24.0 Å². The van der Waals surface area contributed by atoms with Crippen LogP contribution in [-0.4, -0.2) is 70.8 Å². The van der Waals surface area contributed by atoms with Gasteiger partial charge in [-0.25, -0.2) is 17.8 Å². The Morgan fingerprint density at radius 2 is 1.94 bits per heavy atom. The summed E-state index contributed by atoms with van der Waals surface area (Å²) in [7, 11) is 2.76. The maximum atomic E-state index is 14.4. The molecule has 3 aromatic heterocycles. The van der Waals surface area contributed by atoms with Crippen molar-refractivity contribution in [3.63, 3.8) is 0 Å². The second kappa shape index (κ2) is 9.67. The van der Waals surface area contributed by atoms with Gasteiger partial charge in [-0.2, -0.15) is 5.10 Å². The van der Waals surface area contributed by atoms with Gasteiger partial charge in [0.15, 0.2) is 0 Å². The maximum absolute atomic E-state index is 14.4. The van der Waals surface area contributed by atoms with Crippen LogP contribution in [-0.2, 0) is 23.3 Å². The van der Waals surface area contributed by atoms with E-state index in [-0.39, 0.29) is 23.4 Å². The van der Waals surface area contributed by atoms with Crippen LogP contribution in [0.1, 0.15) is 18.4 Å². The van der Waals surface area contributed by atoms with Crippen LogP contribution < -0.4 is 5.32 Å². The van der Waals surface area contributed by atoms with E-state index < -0.39 is 9.84 Å². The van der Waals surface area contributed by atoms with Crippen LogP contribution in [0.5, 0.6) is 0 Å². The Balaban J connectivity index is 1.46. The van der Waals surface area contributed by atoms with E-state index in [2.05, 4.69) is 34.6 Å². The molecule has 0 radical (unpaired) electrons. The average molecular weight is 511 g/mol. The van der Waals surface area contributed by atoms with Crippen LogP contribution in [0.3, 0.4) is 0 Å². The summed E-state index contributed by atoms with van der Waals surface area (Å²) >= 11 is 0. The van der Waals surface area contributed by atoms with E-state index in [0.29, 0.717) is 29.8 Å². The zero-order chi connectivity index (χ0) is 25.4. The van der Waals surface area contributed by atoms with E-state index in [1.807, 2.05) is 29.9 Å². The zero-order valence-corrected chi connectivity index (χ0v) is 21.6. The fourth-order valence-electron chi connectivity index (χ4n) is 4.93. The van der Waals surface area contributed by atoms with Crippen molar-refractivity contribution in [1.82, 2.24) is 24.2 Å². The van der Waals surface area contributed by atoms with E-state index in [4.69, 9.17) is 4.98 Å². The highest BCUT2D eigenvalue weighted by Gasteiger charge is 2.26. The number of anilines is 1. The van der Waals surface area contributed by atoms with Crippen LogP contribution in [0.4, 0.5) is 10.1 Å². The molecule has 1 aliphatic rings. The number of nitrogens with one attached hydrogen (secondary N) is 1. The van der Waals surface area contributed by atoms with Gasteiger partial charge < -0.3 is 10.2 Å². The summed E-state index contributed by atoms with van der Waals surface area (Å²) in [5.41, 5.74) is 4.70. The molecule has 10 heteroatoms. The van der Waals surface area contributed by atoms with Crippen molar-refractivity contribution in [3.8, 4) is 16.9 Å². The molecule has 5 rings (SSSR count). The monoisotopic (exact) mass is 510 g/mol. The Hall–Kier alpha value is -3.24. The number of likely N-dealkylation sites (N-methyl/N-ethyl adjacent to an activating group) is 1. The van der Waals surface area contributed by atoms with Gasteiger partial charge in [0, 0.05) is 50.0 Å². The zero-order valence-electron chi connectivity index (χ0n) is 20.8. The molecule has 0 bridgehead atoms. The summed E-state index contributed by atoms with van der Waals surface area (Å²) < 4.78 is 41.8. The minimum Gasteiger partial charge on any atom is -0.386 e. The normalized spacial score (nSPS) is 16.1. The molecule has 1 aliphatic heterocycles. The number of aromatic nitrogens is 4. The molecule has 1 aromatic carbocycles. The van der Waals surface area contributed by atoms with Gasteiger partial charge in [0.2, 0.25) is 0 Å². The predicted molar refractivity (Wildman–Crippen MR) is 141 cm³/mol. The SMILES string of the molecule is CNc1ccc(-c2ccc3c(CCN(C)C4CCS(=O)(=O)CC4)cn(-c4cnn(C)c4)c3n2)cc1F. The molecule has 0 unspecified atom stereocenters. The number of benzene rings is 1. The summed E-state index contributed by atoms with van der Waals surface area (Å²) in [6.07, 6.45) is 8.01. The smallest absolute Gasteiger partial charge is 0.150 e. The second-order valence-corrected chi connectivity index (χ2v) is 11.8. The van der Waals surface area contributed by atoms with E-state index in [1.165, 1.54) is 6.07 Å². The third-order valence-corrected chi connectivity index (χ3v) is 8.83. The Labute approximate surface area is 210 Å². The quantitative estimate of drug-likeness (QED) is 0.409. The number of rotatable bonds is 7. The molecule has 0 amide bonds. The number of pyridine rings is 1. The van der Waals surface area contributed by atoms with Crippen molar-refractivity contribution in [2.75, 3.05) is 37.5 Å². The van der Waals surface area contributed by atoms with Crippen LogP contribution in [0.2, 0.25) is 0 Å². The Bertz CT molecular complexity index is 1500. The summed E-state index contributed by atoms with van der Waals surface area (Å²) in [4.78, 5) is 7.21. The molecule has 1 fully saturated rings. The van der Waals surface area contributed by atoms with Crippen molar-refractivity contribution >= 4 is 26.6 Å². The summed E-state index contributed by atoms with van der Waals surface area (Å²) in [6, 6.07) is 9.34. The minimum atomic E-state index is -2.88. The summed E-state index contributed by atoms with van der Waals surface area (Å²) in [5, 5.41) is 8.21. The Kier molecular flexibility index (Phi) is 6.57. The summed E-state index contributed by atoms with van der Waals surface area (Å²) in [6.45, 7) is 0.815. The Morgan fingerprint density at radius 3 is 2.61 bits per heavy atom. The molecule has 4 aromatic rings. The number of halogens is 1. The van der Waals surface area contributed by atoms with Crippen molar-refractivity contribution in [3.05, 3.63) is 60.3 Å². The number of nitrogens with zero attached hydrogens (tertiary/aromatic N) is 5. The average Bonchev–Trinajstić information content (AvgIpc) is 3.45. The molecule has 190 valence electrons. The van der Waals surface area contributed by atoms with Crippen molar-refractivity contribution in [2.24, 2.45) is 7.05 Å². The van der Waals surface area contributed by atoms with Crippen LogP contribution in [0.25, 0.3) is 28.0 Å². The first-order valence-electron chi connectivity index (χ1n) is 12.1. The first kappa shape index (κ1) is 24.5. The van der Waals surface area contributed by atoms with Gasteiger partial charge in [0.25, 0.3) is 0 Å². The molecule has 0 atom stereocenters. The summed E-state index contributed by atoms with van der Waals surface area (Å²) in [5.74, 6) is 0.217. The van der Waals surface area contributed by atoms with Gasteiger partial charge in [-0.15, -0.1) is 0 Å². The molecule has 0 aliphatic carbocycles. The number of aryl methyl sites for hydroxylation is 1. The standard InChI is InChI=1S/C26H31FN6O2S/c1-28-25-6-4-18(14-23(25)27)24-7-5-22-19(8-11-31(2)20-9-12-36(34,35)13-10-20)16-33(26(22)30-24)21-15-29-32(3)17-21/h4-7,14-17,20,28H,8-13H2,1-3H3. The lowest BCUT2D eigenvalue weighted by Crippen LogP contribution is -2.39. The lowest BCUT2D eigenvalue weighted by Gasteiger charge is -2.31. The molecule has 0 saturated carbocycles. The lowest BCUT2D eigenvalue weighted by molar-refractivity contribution is 0.229. The molecule has 1 N–H and O–H groups in total. The van der Waals surface area contributed by atoms with Gasteiger partial charge in [0.1, 0.15) is 21.3 Å². The van der Waals surface area contributed by atoms with E-state index in [0.717, 1.165) is 35.2 Å². The van der Waals surface area contributed by atoms with E-state index in [9.17, 15) is 12.8 Å². The van der Waals surface area contributed by atoms with Crippen molar-refractivity contribution in [2.45, 2.75) is 25.3 Å². The fourth-order valence-corrected chi connectivity index (χ4v) is 6.40. The van der Waals surface area contributed by atoms with Gasteiger partial charge in [-0.05, 0) is 56.1 Å². The second-order valence-electron chi connectivity index (χ2n) is 9.52. The highest BCUT2D eigenvalue weighted by Crippen LogP contribution is 2.29. The largest absolute Gasteiger partial charge is 0.386 e. The first-order chi connectivity index (χ1) is 17.2. The number of sulfone groups is 1. The molecular formula is C26H31FN6O2S. The Morgan fingerprint density at radius 1 is 1.17 bits per heavy atom. The van der Waals surface area contributed by atoms with Crippen LogP contribution in [0, 0.1) is 5.82 Å². The predicted octanol–water partition coefficient (Wildman–Crippen LogP) is 3.66. The third-order valence-electron chi connectivity index (χ3n) is 7.12. The van der Waals surface area contributed by atoms with Crippen LogP contribution in [0.15, 0.2) is 48.9 Å². The molecule has 1 saturated heterocycles. The van der Waals surface area contributed by atoms with E-state index >= 15 is 0 Å². The molecule has 0 spiro atoms. The highest BCUT2D eigenvalue weighted by atomic mass is 32.2. The van der Waals surface area contributed by atoms with Gasteiger partial charge in [-0.3, -0.25) is 9.25 Å². The number of hydrogen-bond donors (Lipinski definition) is 1. The number of fused-ring (bicyclic) bond motifs is 1. The van der Waals surface area contributed by atoms with Gasteiger partial charge >= 0.3 is 0 Å². The molecule has 4 heterocycles. The third kappa shape index (κ3) is 4.87. The molecule has 36 heavy (non-hydrogen) atoms. The topological polar surface area (TPSA) is 85.0 Å². The van der Waals surface area contributed by atoms with Crippen molar-refractivity contribution < 1.29 is 12.8 Å². The molecular weight excluding hydrogens is 479 g/mol. The van der Waals surface area contributed by atoms with Crippen LogP contribution >= 0.6 is 0 Å². The minimum absolute atomic E-state index is 0.269. The maximum Gasteiger partial charge on any atom is 0.150 e. The lowest BCUT2D eigenvalue weighted by atomic mass is 10.1. The number of hydrogen-bond acceptors (Lipinski definition) is 6. The first-order valence-corrected chi connectivity index (χ1v) is 13.9.